The van der Waals surface area contributed by atoms with Crippen molar-refractivity contribution in [2.75, 3.05) is 60.2 Å². The van der Waals surface area contributed by atoms with Crippen LogP contribution in [0.5, 0.6) is 5.75 Å². The van der Waals surface area contributed by atoms with E-state index in [-0.39, 0.29) is 5.41 Å². The average Bonchev–Trinajstić information content (AvgIpc) is 3.14. The number of hydrogen-bond acceptors (Lipinski definition) is 9. The molecule has 1 aliphatic carbocycles. The molecule has 1 N–H and O–H groups in total. The van der Waals surface area contributed by atoms with Gasteiger partial charge in [-0.05, 0) is 48.4 Å². The molecule has 0 radical (unpaired) electrons. The molecule has 6 rings (SSSR count). The molecule has 0 spiro atoms. The Hall–Kier alpha value is -3.44. The lowest BCUT2D eigenvalue weighted by Crippen LogP contribution is -2.37. The van der Waals surface area contributed by atoms with E-state index in [1.807, 2.05) is 23.1 Å². The first kappa shape index (κ1) is 26.8. The van der Waals surface area contributed by atoms with Gasteiger partial charge in [-0.3, -0.25) is 4.72 Å². The fourth-order valence-corrected chi connectivity index (χ4v) is 6.35. The summed E-state index contributed by atoms with van der Waals surface area (Å²) in [6.07, 6.45) is 7.70. The van der Waals surface area contributed by atoms with Crippen molar-refractivity contribution in [2.45, 2.75) is 39.7 Å². The average molecular weight is 565 g/mol. The number of rotatable bonds is 5. The van der Waals surface area contributed by atoms with Crippen LogP contribution in [-0.4, -0.2) is 69.1 Å². The summed E-state index contributed by atoms with van der Waals surface area (Å²) in [6, 6.07) is 7.96. The third-order valence-corrected chi connectivity index (χ3v) is 8.44. The predicted molar refractivity (Wildman–Crippen MR) is 156 cm³/mol. The second kappa shape index (κ2) is 10.5. The molecule has 2 aromatic heterocycles. The van der Waals surface area contributed by atoms with Crippen LogP contribution in [0, 0.1) is 5.41 Å². The molecule has 1 aromatic carbocycles. The first-order valence-corrected chi connectivity index (χ1v) is 15.7. The summed E-state index contributed by atoms with van der Waals surface area (Å²) < 4.78 is 38.7. The summed E-state index contributed by atoms with van der Waals surface area (Å²) >= 11 is 0. The Morgan fingerprint density at radius 1 is 0.950 bits per heavy atom. The molecule has 10 nitrogen and oxygen atoms in total. The Kier molecular flexibility index (Phi) is 7.03. The van der Waals surface area contributed by atoms with Gasteiger partial charge in [-0.15, -0.1) is 0 Å². The molecule has 1 fully saturated rings. The monoisotopic (exact) mass is 564 g/mol. The molecule has 4 heterocycles. The van der Waals surface area contributed by atoms with Gasteiger partial charge < -0.3 is 19.3 Å². The van der Waals surface area contributed by atoms with E-state index in [0.717, 1.165) is 66.0 Å². The summed E-state index contributed by atoms with van der Waals surface area (Å²) in [5.41, 5.74) is 5.89. The van der Waals surface area contributed by atoms with Gasteiger partial charge in [-0.1, -0.05) is 19.9 Å². The molecule has 0 amide bonds. The van der Waals surface area contributed by atoms with Gasteiger partial charge in [0.1, 0.15) is 24.5 Å². The molecule has 1 saturated heterocycles. The van der Waals surface area contributed by atoms with Crippen LogP contribution in [0.15, 0.2) is 36.8 Å². The third-order valence-electron chi connectivity index (χ3n) is 7.85. The molecule has 0 unspecified atom stereocenters. The van der Waals surface area contributed by atoms with Crippen LogP contribution in [0.1, 0.15) is 37.1 Å². The molecule has 3 aromatic rings. The topological polar surface area (TPSA) is 110 Å². The van der Waals surface area contributed by atoms with Gasteiger partial charge in [0.05, 0.1) is 31.7 Å². The van der Waals surface area contributed by atoms with E-state index in [1.54, 1.807) is 12.5 Å². The number of anilines is 3. The number of pyridine rings is 1. The quantitative estimate of drug-likeness (QED) is 0.496. The second-order valence-corrected chi connectivity index (χ2v) is 13.4. The maximum atomic E-state index is 12.2. The standard InChI is InChI=1S/C29H36N6O4S/c1-29(2)7-6-24-23(16-29)27(32-19-31-24)35-10-13-39-26-5-4-20(14-22(26)18-35)21-15-25(33-40(3,36)37)28(30-17-21)34-8-11-38-12-9-34/h4-5,14-15,17,19,33H,6-13,16,18H2,1-3H3. The zero-order valence-corrected chi connectivity index (χ0v) is 24.1. The number of hydrogen-bond donors (Lipinski definition) is 1. The minimum absolute atomic E-state index is 0.220. The molecule has 11 heteroatoms. The Labute approximate surface area is 235 Å². The minimum atomic E-state index is -3.50. The second-order valence-electron chi connectivity index (χ2n) is 11.6. The number of nitrogens with zero attached hydrogens (tertiary/aromatic N) is 5. The Balaban J connectivity index is 1.33. The number of ether oxygens (including phenoxy) is 2. The van der Waals surface area contributed by atoms with Crippen LogP contribution in [0.25, 0.3) is 11.1 Å². The van der Waals surface area contributed by atoms with Crippen molar-refractivity contribution in [2.24, 2.45) is 5.41 Å². The summed E-state index contributed by atoms with van der Waals surface area (Å²) in [7, 11) is -3.50. The minimum Gasteiger partial charge on any atom is -0.491 e. The number of aromatic nitrogens is 3. The summed E-state index contributed by atoms with van der Waals surface area (Å²) in [6.45, 7) is 9.03. The van der Waals surface area contributed by atoms with Gasteiger partial charge in [0.15, 0.2) is 5.82 Å². The van der Waals surface area contributed by atoms with Crippen LogP contribution >= 0.6 is 0 Å². The van der Waals surface area contributed by atoms with Gasteiger partial charge in [0.25, 0.3) is 0 Å². The highest BCUT2D eigenvalue weighted by Gasteiger charge is 2.31. The SMILES string of the molecule is CC1(C)CCc2ncnc(N3CCOc4ccc(-c5cnc(N6CCOCC6)c(NS(C)(=O)=O)c5)cc4C3)c2C1. The fourth-order valence-electron chi connectivity index (χ4n) is 5.80. The van der Waals surface area contributed by atoms with Crippen LogP contribution in [0.2, 0.25) is 0 Å². The van der Waals surface area contributed by atoms with E-state index in [1.165, 1.54) is 5.56 Å². The Morgan fingerprint density at radius 2 is 1.75 bits per heavy atom. The van der Waals surface area contributed by atoms with Gasteiger partial charge in [0.2, 0.25) is 10.0 Å². The Bertz CT molecular complexity index is 1520. The van der Waals surface area contributed by atoms with Gasteiger partial charge >= 0.3 is 0 Å². The molecular formula is C29H36N6O4S. The number of nitrogens with one attached hydrogen (secondary N) is 1. The Morgan fingerprint density at radius 3 is 2.55 bits per heavy atom. The van der Waals surface area contributed by atoms with E-state index in [4.69, 9.17) is 19.4 Å². The number of morpholine rings is 1. The molecule has 3 aliphatic rings. The molecule has 0 saturated carbocycles. The van der Waals surface area contributed by atoms with E-state index in [9.17, 15) is 8.42 Å². The fraction of sp³-hybridized carbons (Fsp3) is 0.483. The van der Waals surface area contributed by atoms with Crippen molar-refractivity contribution in [3.8, 4) is 16.9 Å². The lowest BCUT2D eigenvalue weighted by molar-refractivity contribution is 0.122. The lowest BCUT2D eigenvalue weighted by Gasteiger charge is -2.33. The first-order chi connectivity index (χ1) is 19.2. The summed E-state index contributed by atoms with van der Waals surface area (Å²) in [5.74, 6) is 2.45. The van der Waals surface area contributed by atoms with E-state index in [0.29, 0.717) is 51.0 Å². The van der Waals surface area contributed by atoms with Crippen molar-refractivity contribution in [3.05, 3.63) is 53.6 Å². The molecule has 212 valence electrons. The molecular weight excluding hydrogens is 528 g/mol. The van der Waals surface area contributed by atoms with Gasteiger partial charge in [-0.25, -0.2) is 23.4 Å². The zero-order valence-electron chi connectivity index (χ0n) is 23.3. The van der Waals surface area contributed by atoms with Crippen LogP contribution in [0.4, 0.5) is 17.3 Å². The van der Waals surface area contributed by atoms with Crippen LogP contribution in [0.3, 0.4) is 0 Å². The van der Waals surface area contributed by atoms with Gasteiger partial charge in [-0.2, -0.15) is 0 Å². The first-order valence-electron chi connectivity index (χ1n) is 13.8. The van der Waals surface area contributed by atoms with E-state index < -0.39 is 10.0 Å². The number of benzene rings is 1. The number of aryl methyl sites for hydroxylation is 1. The molecule has 0 atom stereocenters. The van der Waals surface area contributed by atoms with Crippen molar-refractivity contribution in [1.82, 2.24) is 15.0 Å². The molecule has 40 heavy (non-hydrogen) atoms. The smallest absolute Gasteiger partial charge is 0.229 e. The van der Waals surface area contributed by atoms with Crippen molar-refractivity contribution in [1.29, 1.82) is 0 Å². The number of sulfonamides is 1. The molecule has 2 aliphatic heterocycles. The summed E-state index contributed by atoms with van der Waals surface area (Å²) in [5, 5.41) is 0. The van der Waals surface area contributed by atoms with Crippen molar-refractivity contribution in [3.63, 3.8) is 0 Å². The van der Waals surface area contributed by atoms with Crippen LogP contribution < -0.4 is 19.3 Å². The number of fused-ring (bicyclic) bond motifs is 2. The van der Waals surface area contributed by atoms with E-state index in [2.05, 4.69) is 34.5 Å². The lowest BCUT2D eigenvalue weighted by atomic mass is 9.76. The van der Waals surface area contributed by atoms with Gasteiger partial charge in [0, 0.05) is 48.2 Å². The van der Waals surface area contributed by atoms with E-state index >= 15 is 0 Å². The van der Waals surface area contributed by atoms with Crippen molar-refractivity contribution < 1.29 is 17.9 Å². The van der Waals surface area contributed by atoms with Crippen LogP contribution in [-0.2, 0) is 34.1 Å². The third kappa shape index (κ3) is 5.71. The summed E-state index contributed by atoms with van der Waals surface area (Å²) in [4.78, 5) is 18.4. The highest BCUT2D eigenvalue weighted by atomic mass is 32.2. The maximum Gasteiger partial charge on any atom is 0.229 e. The normalized spacial score (nSPS) is 18.8. The predicted octanol–water partition coefficient (Wildman–Crippen LogP) is 3.66. The maximum absolute atomic E-state index is 12.2. The van der Waals surface area contributed by atoms with Crippen molar-refractivity contribution >= 4 is 27.3 Å². The zero-order chi connectivity index (χ0) is 27.9. The highest BCUT2D eigenvalue weighted by molar-refractivity contribution is 7.92. The highest BCUT2D eigenvalue weighted by Crippen LogP contribution is 2.39. The molecule has 0 bridgehead atoms. The largest absolute Gasteiger partial charge is 0.491 e.